The quantitative estimate of drug-likeness (QED) is 0.320. The normalized spacial score (nSPS) is 10.4. The third-order valence-electron chi connectivity index (χ3n) is 3.07. The Morgan fingerprint density at radius 2 is 1.73 bits per heavy atom. The highest BCUT2D eigenvalue weighted by molar-refractivity contribution is 5.92. The number of benzene rings is 2. The number of hydrogen-bond acceptors (Lipinski definition) is 5. The van der Waals surface area contributed by atoms with Crippen molar-refractivity contribution in [1.82, 2.24) is 4.98 Å². The molecule has 0 aliphatic heterocycles. The van der Waals surface area contributed by atoms with Crippen molar-refractivity contribution in [2.24, 2.45) is 0 Å². The van der Waals surface area contributed by atoms with Crippen molar-refractivity contribution in [2.45, 2.75) is 0 Å². The van der Waals surface area contributed by atoms with Crippen LogP contribution >= 0.6 is 0 Å². The lowest BCUT2D eigenvalue weighted by Crippen LogP contribution is -2.11. The Morgan fingerprint density at radius 3 is 2.55 bits per heavy atom. The molecule has 0 amide bonds. The molecule has 0 atom stereocenters. The van der Waals surface area contributed by atoms with Gasteiger partial charge < -0.3 is 4.74 Å². The first-order valence-corrected chi connectivity index (χ1v) is 6.46. The Morgan fingerprint density at radius 1 is 1.00 bits per heavy atom. The van der Waals surface area contributed by atoms with Gasteiger partial charge in [0.2, 0.25) is 5.75 Å². The minimum absolute atomic E-state index is 0.0943. The number of carbonyl (C=O) groups is 1. The van der Waals surface area contributed by atoms with Crippen molar-refractivity contribution in [2.75, 3.05) is 0 Å². The van der Waals surface area contributed by atoms with Crippen LogP contribution in [0.4, 0.5) is 5.69 Å². The van der Waals surface area contributed by atoms with E-state index < -0.39 is 10.9 Å². The smallest absolute Gasteiger partial charge is 0.362 e. The third-order valence-corrected chi connectivity index (χ3v) is 3.07. The van der Waals surface area contributed by atoms with Crippen LogP contribution in [0.5, 0.6) is 5.75 Å². The molecular formula is C16H10N2O4. The van der Waals surface area contributed by atoms with Gasteiger partial charge in [0.15, 0.2) is 0 Å². The molecule has 0 bridgehead atoms. The maximum atomic E-state index is 12.1. The summed E-state index contributed by atoms with van der Waals surface area (Å²) in [5, 5.41) is 11.8. The molecule has 0 saturated heterocycles. The van der Waals surface area contributed by atoms with Crippen molar-refractivity contribution in [3.8, 4) is 5.75 Å². The summed E-state index contributed by atoms with van der Waals surface area (Å²) in [6.07, 6.45) is 0. The lowest BCUT2D eigenvalue weighted by Gasteiger charge is -2.05. The Balaban J connectivity index is 1.92. The molecule has 0 fully saturated rings. The molecule has 0 aliphatic carbocycles. The molecule has 0 aliphatic rings. The standard InChI is InChI=1S/C16H10N2O4/c19-16(22-15-8-4-3-7-14(15)18(20)21)13-10-9-11-5-1-2-6-12(11)17-13/h1-10H. The monoisotopic (exact) mass is 294 g/mol. The zero-order chi connectivity index (χ0) is 15.5. The largest absolute Gasteiger partial charge is 0.414 e. The highest BCUT2D eigenvalue weighted by atomic mass is 16.6. The van der Waals surface area contributed by atoms with Crippen LogP contribution < -0.4 is 4.74 Å². The molecular weight excluding hydrogens is 284 g/mol. The number of rotatable bonds is 3. The number of carbonyl (C=O) groups excluding carboxylic acids is 1. The van der Waals surface area contributed by atoms with Gasteiger partial charge in [-0.3, -0.25) is 10.1 Å². The Labute approximate surface area is 125 Å². The Hall–Kier alpha value is -3.28. The molecule has 2 aromatic carbocycles. The molecule has 6 nitrogen and oxygen atoms in total. The number of hydrogen-bond donors (Lipinski definition) is 0. The number of fused-ring (bicyclic) bond motifs is 1. The fourth-order valence-electron chi connectivity index (χ4n) is 2.03. The molecule has 0 N–H and O–H groups in total. The van der Waals surface area contributed by atoms with E-state index in [1.54, 1.807) is 18.2 Å². The highest BCUT2D eigenvalue weighted by Gasteiger charge is 2.18. The predicted octanol–water partition coefficient (Wildman–Crippen LogP) is 3.36. The van der Waals surface area contributed by atoms with E-state index in [2.05, 4.69) is 4.98 Å². The van der Waals surface area contributed by atoms with Gasteiger partial charge >= 0.3 is 11.7 Å². The van der Waals surface area contributed by atoms with Crippen molar-refractivity contribution < 1.29 is 14.5 Å². The molecule has 1 aromatic heterocycles. The van der Waals surface area contributed by atoms with Crippen LogP contribution in [0.3, 0.4) is 0 Å². The summed E-state index contributed by atoms with van der Waals surface area (Å²) in [4.78, 5) is 26.6. The second-order valence-electron chi connectivity index (χ2n) is 4.50. The van der Waals surface area contributed by atoms with Gasteiger partial charge in [-0.1, -0.05) is 36.4 Å². The van der Waals surface area contributed by atoms with Crippen molar-refractivity contribution >= 4 is 22.6 Å². The highest BCUT2D eigenvalue weighted by Crippen LogP contribution is 2.26. The second-order valence-corrected chi connectivity index (χ2v) is 4.50. The van der Waals surface area contributed by atoms with E-state index in [9.17, 15) is 14.9 Å². The second kappa shape index (κ2) is 5.61. The van der Waals surface area contributed by atoms with Gasteiger partial charge in [-0.05, 0) is 18.2 Å². The lowest BCUT2D eigenvalue weighted by atomic mass is 10.2. The zero-order valence-electron chi connectivity index (χ0n) is 11.3. The van der Waals surface area contributed by atoms with Crippen LogP contribution in [0.15, 0.2) is 60.7 Å². The van der Waals surface area contributed by atoms with E-state index in [4.69, 9.17) is 4.74 Å². The van der Waals surface area contributed by atoms with Gasteiger partial charge in [-0.25, -0.2) is 9.78 Å². The number of nitro groups is 1. The van der Waals surface area contributed by atoms with E-state index in [0.29, 0.717) is 5.52 Å². The third kappa shape index (κ3) is 2.62. The van der Waals surface area contributed by atoms with Gasteiger partial charge in [-0.15, -0.1) is 0 Å². The molecule has 0 saturated carbocycles. The summed E-state index contributed by atoms with van der Waals surface area (Å²) >= 11 is 0. The van der Waals surface area contributed by atoms with Crippen molar-refractivity contribution in [1.29, 1.82) is 0 Å². The average molecular weight is 294 g/mol. The lowest BCUT2D eigenvalue weighted by molar-refractivity contribution is -0.385. The number of nitrogens with zero attached hydrogens (tertiary/aromatic N) is 2. The molecule has 6 heteroatoms. The minimum atomic E-state index is -0.736. The molecule has 22 heavy (non-hydrogen) atoms. The van der Waals surface area contributed by atoms with Crippen molar-refractivity contribution in [3.05, 3.63) is 76.5 Å². The van der Waals surface area contributed by atoms with Crippen LogP contribution in [0.25, 0.3) is 10.9 Å². The topological polar surface area (TPSA) is 82.3 Å². The van der Waals surface area contributed by atoms with Crippen molar-refractivity contribution in [3.63, 3.8) is 0 Å². The molecule has 108 valence electrons. The van der Waals surface area contributed by atoms with Gasteiger partial charge in [0.25, 0.3) is 0 Å². The Bertz CT molecular complexity index is 877. The number of nitro benzene ring substituents is 1. The first-order valence-electron chi connectivity index (χ1n) is 6.46. The van der Waals surface area contributed by atoms with Crippen LogP contribution in [-0.4, -0.2) is 15.9 Å². The van der Waals surface area contributed by atoms with Crippen LogP contribution in [0, 0.1) is 10.1 Å². The SMILES string of the molecule is O=C(Oc1ccccc1[N+](=O)[O-])c1ccc2ccccc2n1. The number of aromatic nitrogens is 1. The first-order chi connectivity index (χ1) is 10.6. The number of pyridine rings is 1. The maximum Gasteiger partial charge on any atom is 0.362 e. The van der Waals surface area contributed by atoms with Crippen LogP contribution in [0.1, 0.15) is 10.5 Å². The molecule has 0 unspecified atom stereocenters. The fourth-order valence-corrected chi connectivity index (χ4v) is 2.03. The molecule has 3 rings (SSSR count). The van der Waals surface area contributed by atoms with E-state index in [0.717, 1.165) is 5.39 Å². The van der Waals surface area contributed by atoms with E-state index >= 15 is 0 Å². The molecule has 1 heterocycles. The summed E-state index contributed by atoms with van der Waals surface area (Å²) < 4.78 is 5.10. The van der Waals surface area contributed by atoms with Gasteiger partial charge in [0.1, 0.15) is 5.69 Å². The predicted molar refractivity (Wildman–Crippen MR) is 79.8 cm³/mol. The summed E-state index contributed by atoms with van der Waals surface area (Å²) in [6.45, 7) is 0. The van der Waals surface area contributed by atoms with Crippen LogP contribution in [0.2, 0.25) is 0 Å². The number of ether oxygens (including phenoxy) is 1. The summed E-state index contributed by atoms with van der Waals surface area (Å²) in [5.41, 5.74) is 0.480. The molecule has 0 spiro atoms. The first kappa shape index (κ1) is 13.7. The molecule has 3 aromatic rings. The van der Waals surface area contributed by atoms with E-state index in [1.807, 2.05) is 18.2 Å². The van der Waals surface area contributed by atoms with E-state index in [1.165, 1.54) is 24.3 Å². The van der Waals surface area contributed by atoms with Crippen LogP contribution in [-0.2, 0) is 0 Å². The number of esters is 1. The summed E-state index contributed by atoms with van der Waals surface area (Å²) in [5.74, 6) is -0.840. The van der Waals surface area contributed by atoms with E-state index in [-0.39, 0.29) is 17.1 Å². The van der Waals surface area contributed by atoms with Gasteiger partial charge in [0, 0.05) is 11.5 Å². The van der Waals surface area contributed by atoms with Gasteiger partial charge in [0.05, 0.1) is 10.4 Å². The Kier molecular flexibility index (Phi) is 3.49. The fraction of sp³-hybridized carbons (Fsp3) is 0. The maximum absolute atomic E-state index is 12.1. The van der Waals surface area contributed by atoms with Gasteiger partial charge in [-0.2, -0.15) is 0 Å². The molecule has 0 radical (unpaired) electrons. The minimum Gasteiger partial charge on any atom is -0.414 e. The average Bonchev–Trinajstić information content (AvgIpc) is 2.54. The zero-order valence-corrected chi connectivity index (χ0v) is 11.3. The summed E-state index contributed by atoms with van der Waals surface area (Å²) in [7, 11) is 0. The number of para-hydroxylation sites is 3. The summed E-state index contributed by atoms with van der Waals surface area (Å²) in [6, 6.07) is 16.3.